The van der Waals surface area contributed by atoms with Gasteiger partial charge >= 0.3 is 0 Å². The van der Waals surface area contributed by atoms with E-state index < -0.39 is 0 Å². The standard InChI is InChI=1S/C22H20N4O3/c1-14-3-7-18(8-4-14)26-19(13-15(2)24-26)23-22(29)16-5-9-17(10-6-16)25-20(27)11-12-21(25)28/h3-10,13H,11-12H2,1-2H3,(H,23,29). The van der Waals surface area contributed by atoms with E-state index in [9.17, 15) is 14.4 Å². The molecular weight excluding hydrogens is 368 g/mol. The molecule has 2 aromatic carbocycles. The minimum Gasteiger partial charge on any atom is -0.306 e. The molecule has 2 heterocycles. The van der Waals surface area contributed by atoms with Crippen LogP contribution in [0.15, 0.2) is 54.6 Å². The number of imide groups is 1. The number of benzene rings is 2. The number of nitrogens with zero attached hydrogens (tertiary/aromatic N) is 3. The van der Waals surface area contributed by atoms with Gasteiger partial charge in [0.2, 0.25) is 11.8 Å². The molecule has 0 saturated carbocycles. The first-order valence-electron chi connectivity index (χ1n) is 9.33. The number of hydrogen-bond donors (Lipinski definition) is 1. The Hall–Kier alpha value is -3.74. The van der Waals surface area contributed by atoms with Crippen molar-refractivity contribution in [1.82, 2.24) is 9.78 Å². The molecule has 0 aliphatic carbocycles. The van der Waals surface area contributed by atoms with E-state index in [4.69, 9.17) is 0 Å². The number of rotatable bonds is 4. The van der Waals surface area contributed by atoms with Gasteiger partial charge in [-0.05, 0) is 50.2 Å². The number of carbonyl (C=O) groups is 3. The highest BCUT2D eigenvalue weighted by Crippen LogP contribution is 2.23. The third kappa shape index (κ3) is 3.67. The molecule has 7 heteroatoms. The van der Waals surface area contributed by atoms with Crippen molar-refractivity contribution in [2.75, 3.05) is 10.2 Å². The maximum atomic E-state index is 12.7. The van der Waals surface area contributed by atoms with Gasteiger partial charge in [-0.3, -0.25) is 19.3 Å². The Balaban J connectivity index is 1.55. The van der Waals surface area contributed by atoms with Crippen LogP contribution in [0.1, 0.15) is 34.5 Å². The second kappa shape index (κ2) is 7.35. The molecule has 0 spiro atoms. The van der Waals surface area contributed by atoms with Gasteiger partial charge in [-0.1, -0.05) is 17.7 Å². The SMILES string of the molecule is Cc1ccc(-n2nc(C)cc2NC(=O)c2ccc(N3C(=O)CCC3=O)cc2)cc1. The molecule has 1 fully saturated rings. The van der Waals surface area contributed by atoms with Crippen LogP contribution in [0.5, 0.6) is 0 Å². The fraction of sp³-hybridized carbons (Fsp3) is 0.182. The Morgan fingerprint density at radius 2 is 1.48 bits per heavy atom. The molecule has 0 radical (unpaired) electrons. The van der Waals surface area contributed by atoms with E-state index in [1.807, 2.05) is 38.1 Å². The van der Waals surface area contributed by atoms with Crippen LogP contribution < -0.4 is 10.2 Å². The molecule has 0 unspecified atom stereocenters. The summed E-state index contributed by atoms with van der Waals surface area (Å²) < 4.78 is 1.68. The van der Waals surface area contributed by atoms with Crippen molar-refractivity contribution in [2.45, 2.75) is 26.7 Å². The van der Waals surface area contributed by atoms with Gasteiger partial charge in [-0.15, -0.1) is 0 Å². The molecule has 1 aromatic heterocycles. The summed E-state index contributed by atoms with van der Waals surface area (Å²) in [5, 5.41) is 7.34. The highest BCUT2D eigenvalue weighted by atomic mass is 16.2. The average molecular weight is 388 g/mol. The number of aromatic nitrogens is 2. The lowest BCUT2D eigenvalue weighted by Gasteiger charge is -2.14. The van der Waals surface area contributed by atoms with Crippen molar-refractivity contribution in [2.24, 2.45) is 0 Å². The van der Waals surface area contributed by atoms with E-state index in [1.165, 1.54) is 0 Å². The average Bonchev–Trinajstić information content (AvgIpc) is 3.24. The minimum absolute atomic E-state index is 0.218. The zero-order chi connectivity index (χ0) is 20.5. The summed E-state index contributed by atoms with van der Waals surface area (Å²) in [5.41, 5.74) is 3.66. The Bertz CT molecular complexity index is 1080. The lowest BCUT2D eigenvalue weighted by molar-refractivity contribution is -0.121. The molecule has 29 heavy (non-hydrogen) atoms. The molecule has 4 rings (SSSR count). The lowest BCUT2D eigenvalue weighted by Crippen LogP contribution is -2.28. The Morgan fingerprint density at radius 1 is 0.897 bits per heavy atom. The predicted octanol–water partition coefficient (Wildman–Crippen LogP) is 3.39. The monoisotopic (exact) mass is 388 g/mol. The quantitative estimate of drug-likeness (QED) is 0.695. The maximum absolute atomic E-state index is 12.7. The third-order valence-electron chi connectivity index (χ3n) is 4.79. The molecule has 1 saturated heterocycles. The smallest absolute Gasteiger partial charge is 0.256 e. The van der Waals surface area contributed by atoms with Crippen LogP contribution in [-0.4, -0.2) is 27.5 Å². The van der Waals surface area contributed by atoms with Crippen LogP contribution in [0.25, 0.3) is 5.69 Å². The number of aryl methyl sites for hydroxylation is 2. The largest absolute Gasteiger partial charge is 0.306 e. The van der Waals surface area contributed by atoms with E-state index in [1.54, 1.807) is 35.0 Å². The molecule has 1 aliphatic heterocycles. The summed E-state index contributed by atoms with van der Waals surface area (Å²) in [6, 6.07) is 16.1. The first kappa shape index (κ1) is 18.6. The van der Waals surface area contributed by atoms with Crippen molar-refractivity contribution in [3.05, 3.63) is 71.4 Å². The number of hydrogen-bond acceptors (Lipinski definition) is 4. The maximum Gasteiger partial charge on any atom is 0.256 e. The van der Waals surface area contributed by atoms with Crippen molar-refractivity contribution >= 4 is 29.2 Å². The fourth-order valence-corrected chi connectivity index (χ4v) is 3.29. The second-order valence-corrected chi connectivity index (χ2v) is 7.04. The molecule has 1 N–H and O–H groups in total. The lowest BCUT2D eigenvalue weighted by atomic mass is 10.2. The minimum atomic E-state index is -0.302. The summed E-state index contributed by atoms with van der Waals surface area (Å²) in [6.07, 6.45) is 0.451. The highest BCUT2D eigenvalue weighted by Gasteiger charge is 2.30. The zero-order valence-electron chi connectivity index (χ0n) is 16.2. The molecule has 0 atom stereocenters. The van der Waals surface area contributed by atoms with Gasteiger partial charge < -0.3 is 5.32 Å². The van der Waals surface area contributed by atoms with Gasteiger partial charge in [-0.25, -0.2) is 4.68 Å². The van der Waals surface area contributed by atoms with E-state index >= 15 is 0 Å². The van der Waals surface area contributed by atoms with Crippen LogP contribution in [0, 0.1) is 13.8 Å². The van der Waals surface area contributed by atoms with Gasteiger partial charge in [0.15, 0.2) is 0 Å². The number of carbonyl (C=O) groups excluding carboxylic acids is 3. The van der Waals surface area contributed by atoms with Crippen LogP contribution in [0.2, 0.25) is 0 Å². The molecule has 3 amide bonds. The van der Waals surface area contributed by atoms with E-state index in [-0.39, 0.29) is 30.6 Å². The molecular formula is C22H20N4O3. The van der Waals surface area contributed by atoms with Gasteiger partial charge in [0.1, 0.15) is 5.82 Å². The van der Waals surface area contributed by atoms with E-state index in [0.29, 0.717) is 17.1 Å². The summed E-state index contributed by atoms with van der Waals surface area (Å²) in [7, 11) is 0. The third-order valence-corrected chi connectivity index (χ3v) is 4.79. The number of anilines is 2. The van der Waals surface area contributed by atoms with Crippen molar-refractivity contribution in [3.63, 3.8) is 0 Å². The van der Waals surface area contributed by atoms with Gasteiger partial charge in [0.05, 0.1) is 17.1 Å². The molecule has 7 nitrogen and oxygen atoms in total. The van der Waals surface area contributed by atoms with E-state index in [2.05, 4.69) is 10.4 Å². The van der Waals surface area contributed by atoms with E-state index in [0.717, 1.165) is 21.8 Å². The Kier molecular flexibility index (Phi) is 4.72. The Labute approximate surface area is 167 Å². The zero-order valence-corrected chi connectivity index (χ0v) is 16.2. The summed E-state index contributed by atoms with van der Waals surface area (Å²) in [4.78, 5) is 37.6. The van der Waals surface area contributed by atoms with Crippen molar-refractivity contribution in [3.8, 4) is 5.69 Å². The van der Waals surface area contributed by atoms with Crippen LogP contribution in [-0.2, 0) is 9.59 Å². The number of amides is 3. The van der Waals surface area contributed by atoms with Crippen LogP contribution in [0.4, 0.5) is 11.5 Å². The van der Waals surface area contributed by atoms with Crippen LogP contribution >= 0.6 is 0 Å². The molecule has 3 aromatic rings. The first-order chi connectivity index (χ1) is 13.9. The summed E-state index contributed by atoms with van der Waals surface area (Å²) in [5.74, 6) is -0.177. The molecule has 0 bridgehead atoms. The predicted molar refractivity (Wildman–Crippen MR) is 109 cm³/mol. The van der Waals surface area contributed by atoms with Gasteiger partial charge in [0, 0.05) is 24.5 Å². The molecule has 146 valence electrons. The normalized spacial score (nSPS) is 13.8. The summed E-state index contributed by atoms with van der Waals surface area (Å²) >= 11 is 0. The topological polar surface area (TPSA) is 84.3 Å². The van der Waals surface area contributed by atoms with Gasteiger partial charge in [0.25, 0.3) is 5.91 Å². The first-order valence-corrected chi connectivity index (χ1v) is 9.33. The fourth-order valence-electron chi connectivity index (χ4n) is 3.29. The number of nitrogens with one attached hydrogen (secondary N) is 1. The highest BCUT2D eigenvalue weighted by molar-refractivity contribution is 6.20. The van der Waals surface area contributed by atoms with Crippen molar-refractivity contribution < 1.29 is 14.4 Å². The summed E-state index contributed by atoms with van der Waals surface area (Å²) in [6.45, 7) is 3.87. The van der Waals surface area contributed by atoms with Crippen LogP contribution in [0.3, 0.4) is 0 Å². The van der Waals surface area contributed by atoms with Gasteiger partial charge in [-0.2, -0.15) is 5.10 Å². The Morgan fingerprint density at radius 3 is 2.10 bits per heavy atom. The van der Waals surface area contributed by atoms with Crippen molar-refractivity contribution in [1.29, 1.82) is 0 Å². The molecule has 1 aliphatic rings. The second-order valence-electron chi connectivity index (χ2n) is 7.04.